The average molecular weight is 476 g/mol. The summed E-state index contributed by atoms with van der Waals surface area (Å²) < 4.78 is 31.9. The summed E-state index contributed by atoms with van der Waals surface area (Å²) in [5.74, 6) is -0.832. The first kappa shape index (κ1) is 23.5. The number of benzene rings is 2. The second-order valence-corrected chi connectivity index (χ2v) is 9.04. The third-order valence-electron chi connectivity index (χ3n) is 4.66. The predicted molar refractivity (Wildman–Crippen MR) is 123 cm³/mol. The summed E-state index contributed by atoms with van der Waals surface area (Å²) in [5.41, 5.74) is 0.799. The number of carbonyl (C=O) groups excluding carboxylic acids is 2. The standard InChI is InChI=1S/C22H22ClN3O5S/c1-3-26(4-2)32(29,30)17-10-11-18(23)19(14-17)25-21(27)15-7-5-8-16(13-15)24-22(28)20-9-6-12-31-20/h5-14H,3-4H2,1-2H3,(H,24,28)(H,25,27). The molecule has 8 nitrogen and oxygen atoms in total. The van der Waals surface area contributed by atoms with Crippen LogP contribution >= 0.6 is 11.6 Å². The summed E-state index contributed by atoms with van der Waals surface area (Å²) in [5, 5.41) is 5.48. The van der Waals surface area contributed by atoms with Gasteiger partial charge in [0.05, 0.1) is 21.9 Å². The van der Waals surface area contributed by atoms with Crippen molar-refractivity contribution >= 4 is 44.8 Å². The zero-order valence-electron chi connectivity index (χ0n) is 17.5. The van der Waals surface area contributed by atoms with Gasteiger partial charge in [0.2, 0.25) is 10.0 Å². The average Bonchev–Trinajstić information content (AvgIpc) is 3.31. The van der Waals surface area contributed by atoms with E-state index in [4.69, 9.17) is 16.0 Å². The Hall–Kier alpha value is -3.14. The molecule has 2 amide bonds. The van der Waals surface area contributed by atoms with Crippen LogP contribution in [0.25, 0.3) is 0 Å². The molecule has 1 aromatic heterocycles. The molecule has 168 valence electrons. The summed E-state index contributed by atoms with van der Waals surface area (Å²) >= 11 is 6.19. The normalized spacial score (nSPS) is 11.4. The Balaban J connectivity index is 1.81. The van der Waals surface area contributed by atoms with Gasteiger partial charge in [0.25, 0.3) is 11.8 Å². The third-order valence-corrected chi connectivity index (χ3v) is 7.03. The predicted octanol–water partition coefficient (Wildman–Crippen LogP) is 4.47. The van der Waals surface area contributed by atoms with Crippen molar-refractivity contribution in [3.05, 3.63) is 77.2 Å². The number of hydrogen-bond donors (Lipinski definition) is 2. The van der Waals surface area contributed by atoms with Crippen LogP contribution in [0.2, 0.25) is 5.02 Å². The molecule has 0 saturated heterocycles. The Bertz CT molecular complexity index is 1220. The second kappa shape index (κ2) is 9.99. The number of amides is 2. The molecule has 0 bridgehead atoms. The molecule has 2 N–H and O–H groups in total. The molecule has 0 radical (unpaired) electrons. The van der Waals surface area contributed by atoms with Crippen molar-refractivity contribution in [1.82, 2.24) is 4.31 Å². The van der Waals surface area contributed by atoms with Gasteiger partial charge in [-0.1, -0.05) is 31.5 Å². The molecule has 3 aromatic rings. The van der Waals surface area contributed by atoms with Crippen LogP contribution < -0.4 is 10.6 Å². The quantitative estimate of drug-likeness (QED) is 0.499. The van der Waals surface area contributed by atoms with Crippen LogP contribution in [0.3, 0.4) is 0 Å². The van der Waals surface area contributed by atoms with Crippen molar-refractivity contribution in [1.29, 1.82) is 0 Å². The Morgan fingerprint density at radius 1 is 0.969 bits per heavy atom. The minimum Gasteiger partial charge on any atom is -0.459 e. The number of anilines is 2. The van der Waals surface area contributed by atoms with Gasteiger partial charge in [-0.05, 0) is 48.5 Å². The molecule has 0 fully saturated rings. The maximum Gasteiger partial charge on any atom is 0.291 e. The van der Waals surface area contributed by atoms with Gasteiger partial charge in [-0.2, -0.15) is 4.31 Å². The first-order chi connectivity index (χ1) is 15.3. The lowest BCUT2D eigenvalue weighted by Crippen LogP contribution is -2.30. The van der Waals surface area contributed by atoms with Gasteiger partial charge >= 0.3 is 0 Å². The first-order valence-corrected chi connectivity index (χ1v) is 11.6. The largest absolute Gasteiger partial charge is 0.459 e. The van der Waals surface area contributed by atoms with Gasteiger partial charge in [-0.15, -0.1) is 0 Å². The summed E-state index contributed by atoms with van der Waals surface area (Å²) in [4.78, 5) is 25.0. The third kappa shape index (κ3) is 5.18. The summed E-state index contributed by atoms with van der Waals surface area (Å²) in [7, 11) is -3.72. The van der Waals surface area contributed by atoms with E-state index in [1.54, 1.807) is 38.1 Å². The zero-order valence-corrected chi connectivity index (χ0v) is 19.0. The van der Waals surface area contributed by atoms with Crippen LogP contribution in [0.5, 0.6) is 0 Å². The molecule has 0 saturated carbocycles. The monoisotopic (exact) mass is 475 g/mol. The Morgan fingerprint density at radius 2 is 1.72 bits per heavy atom. The van der Waals surface area contributed by atoms with Gasteiger partial charge < -0.3 is 15.1 Å². The lowest BCUT2D eigenvalue weighted by Gasteiger charge is -2.19. The number of hydrogen-bond acceptors (Lipinski definition) is 5. The van der Waals surface area contributed by atoms with Crippen LogP contribution in [0, 0.1) is 0 Å². The van der Waals surface area contributed by atoms with Crippen LogP contribution in [0.15, 0.2) is 70.2 Å². The summed E-state index contributed by atoms with van der Waals surface area (Å²) in [6.07, 6.45) is 1.39. The molecule has 2 aromatic carbocycles. The van der Waals surface area contributed by atoms with E-state index in [1.807, 2.05) is 0 Å². The number of halogens is 1. The van der Waals surface area contributed by atoms with E-state index < -0.39 is 21.8 Å². The van der Waals surface area contributed by atoms with Crippen molar-refractivity contribution in [2.24, 2.45) is 0 Å². The molecule has 0 aliphatic rings. The molecular weight excluding hydrogens is 454 g/mol. The number of rotatable bonds is 8. The van der Waals surface area contributed by atoms with Gasteiger partial charge in [-0.3, -0.25) is 9.59 Å². The Labute approximate surface area is 191 Å². The summed E-state index contributed by atoms with van der Waals surface area (Å²) in [6, 6.07) is 13.5. The molecule has 10 heteroatoms. The van der Waals surface area contributed by atoms with E-state index in [2.05, 4.69) is 10.6 Å². The van der Waals surface area contributed by atoms with Crippen molar-refractivity contribution in [2.75, 3.05) is 23.7 Å². The number of carbonyl (C=O) groups is 2. The fraction of sp³-hybridized carbons (Fsp3) is 0.182. The highest BCUT2D eigenvalue weighted by Crippen LogP contribution is 2.27. The molecule has 0 aliphatic heterocycles. The van der Waals surface area contributed by atoms with Crippen molar-refractivity contribution in [3.8, 4) is 0 Å². The molecule has 0 spiro atoms. The van der Waals surface area contributed by atoms with E-state index in [0.29, 0.717) is 18.8 Å². The second-order valence-electron chi connectivity index (χ2n) is 6.70. The van der Waals surface area contributed by atoms with E-state index in [9.17, 15) is 18.0 Å². The number of sulfonamides is 1. The molecule has 32 heavy (non-hydrogen) atoms. The van der Waals surface area contributed by atoms with Crippen LogP contribution in [-0.2, 0) is 10.0 Å². The van der Waals surface area contributed by atoms with Crippen LogP contribution in [0.1, 0.15) is 34.8 Å². The molecule has 3 rings (SSSR count). The lowest BCUT2D eigenvalue weighted by atomic mass is 10.1. The molecule has 0 aliphatic carbocycles. The van der Waals surface area contributed by atoms with Crippen molar-refractivity contribution in [2.45, 2.75) is 18.7 Å². The number of furan rings is 1. The van der Waals surface area contributed by atoms with Crippen molar-refractivity contribution < 1.29 is 22.4 Å². The number of nitrogens with zero attached hydrogens (tertiary/aromatic N) is 1. The maximum atomic E-state index is 12.8. The Kier molecular flexibility index (Phi) is 7.34. The fourth-order valence-corrected chi connectivity index (χ4v) is 4.66. The van der Waals surface area contributed by atoms with Crippen LogP contribution in [0.4, 0.5) is 11.4 Å². The first-order valence-electron chi connectivity index (χ1n) is 9.82. The zero-order chi connectivity index (χ0) is 23.3. The van der Waals surface area contributed by atoms with Gasteiger partial charge in [-0.25, -0.2) is 8.42 Å². The minimum absolute atomic E-state index is 0.0281. The molecule has 0 atom stereocenters. The van der Waals surface area contributed by atoms with Gasteiger partial charge in [0.15, 0.2) is 5.76 Å². The smallest absolute Gasteiger partial charge is 0.291 e. The molecule has 1 heterocycles. The molecule has 0 unspecified atom stereocenters. The van der Waals surface area contributed by atoms with Gasteiger partial charge in [0, 0.05) is 24.3 Å². The Morgan fingerprint density at radius 3 is 2.38 bits per heavy atom. The minimum atomic E-state index is -3.72. The lowest BCUT2D eigenvalue weighted by molar-refractivity contribution is 0.0993. The van der Waals surface area contributed by atoms with E-state index in [1.165, 1.54) is 40.9 Å². The summed E-state index contributed by atoms with van der Waals surface area (Å²) in [6.45, 7) is 4.13. The van der Waals surface area contributed by atoms with E-state index in [-0.39, 0.29) is 26.9 Å². The van der Waals surface area contributed by atoms with Crippen LogP contribution in [-0.4, -0.2) is 37.6 Å². The molecular formula is C22H22ClN3O5S. The SMILES string of the molecule is CCN(CC)S(=O)(=O)c1ccc(Cl)c(NC(=O)c2cccc(NC(=O)c3ccco3)c2)c1. The highest BCUT2D eigenvalue weighted by Gasteiger charge is 2.23. The van der Waals surface area contributed by atoms with E-state index in [0.717, 1.165) is 0 Å². The maximum absolute atomic E-state index is 12.8. The highest BCUT2D eigenvalue weighted by atomic mass is 35.5. The van der Waals surface area contributed by atoms with E-state index >= 15 is 0 Å². The topological polar surface area (TPSA) is 109 Å². The highest BCUT2D eigenvalue weighted by molar-refractivity contribution is 7.89. The van der Waals surface area contributed by atoms with Gasteiger partial charge in [0.1, 0.15) is 0 Å². The number of nitrogens with one attached hydrogen (secondary N) is 2. The van der Waals surface area contributed by atoms with Crippen molar-refractivity contribution in [3.63, 3.8) is 0 Å². The fourth-order valence-electron chi connectivity index (χ4n) is 3.01.